The molecular formula is C15H15F3N2O4. The number of carbonyl (C=O) groups excluding carboxylic acids is 1. The van der Waals surface area contributed by atoms with Gasteiger partial charge in [0.15, 0.2) is 0 Å². The number of esters is 1. The molecule has 0 aliphatic carbocycles. The van der Waals surface area contributed by atoms with E-state index in [-0.39, 0.29) is 30.0 Å². The highest BCUT2D eigenvalue weighted by Crippen LogP contribution is 2.26. The number of benzene rings is 1. The second-order valence-electron chi connectivity index (χ2n) is 4.95. The quantitative estimate of drug-likeness (QED) is 0.747. The second-order valence-corrected chi connectivity index (χ2v) is 4.95. The van der Waals surface area contributed by atoms with E-state index in [0.29, 0.717) is 6.42 Å². The minimum Gasteiger partial charge on any atom is -0.460 e. The summed E-state index contributed by atoms with van der Waals surface area (Å²) in [6.45, 7) is 3.70. The summed E-state index contributed by atoms with van der Waals surface area (Å²) in [7, 11) is 0. The van der Waals surface area contributed by atoms with E-state index in [1.165, 1.54) is 24.3 Å². The van der Waals surface area contributed by atoms with E-state index in [0.717, 1.165) is 5.56 Å². The van der Waals surface area contributed by atoms with Gasteiger partial charge in [-0.25, -0.2) is 4.79 Å². The van der Waals surface area contributed by atoms with Crippen molar-refractivity contribution in [3.8, 4) is 5.75 Å². The van der Waals surface area contributed by atoms with Crippen LogP contribution in [0.5, 0.6) is 5.75 Å². The molecule has 0 amide bonds. The van der Waals surface area contributed by atoms with E-state index in [9.17, 15) is 18.0 Å². The summed E-state index contributed by atoms with van der Waals surface area (Å²) in [6.07, 6.45) is -4.40. The fourth-order valence-electron chi connectivity index (χ4n) is 1.99. The molecule has 0 bridgehead atoms. The number of ether oxygens (including phenoxy) is 2. The Balaban J connectivity index is 1.99. The van der Waals surface area contributed by atoms with Gasteiger partial charge in [-0.05, 0) is 35.7 Å². The predicted octanol–water partition coefficient (Wildman–Crippen LogP) is 3.49. The van der Waals surface area contributed by atoms with Gasteiger partial charge in [0.1, 0.15) is 5.75 Å². The summed E-state index contributed by atoms with van der Waals surface area (Å²) < 4.78 is 49.9. The van der Waals surface area contributed by atoms with Gasteiger partial charge in [-0.1, -0.05) is 19.1 Å². The summed E-state index contributed by atoms with van der Waals surface area (Å²) in [6, 6.07) is 5.51. The average molecular weight is 344 g/mol. The van der Waals surface area contributed by atoms with Gasteiger partial charge in [0.05, 0.1) is 6.61 Å². The van der Waals surface area contributed by atoms with E-state index < -0.39 is 12.3 Å². The van der Waals surface area contributed by atoms with Crippen LogP contribution in [-0.4, -0.2) is 29.1 Å². The third kappa shape index (κ3) is 4.97. The zero-order valence-electron chi connectivity index (χ0n) is 13.0. The number of halogens is 3. The van der Waals surface area contributed by atoms with Crippen molar-refractivity contribution < 1.29 is 32.0 Å². The van der Waals surface area contributed by atoms with Gasteiger partial charge in [-0.3, -0.25) is 0 Å². The van der Waals surface area contributed by atoms with Crippen molar-refractivity contribution >= 4 is 5.97 Å². The molecule has 9 heteroatoms. The Morgan fingerprint density at radius 1 is 1.29 bits per heavy atom. The first-order valence-electron chi connectivity index (χ1n) is 7.14. The van der Waals surface area contributed by atoms with Crippen molar-refractivity contribution in [3.05, 3.63) is 41.5 Å². The zero-order chi connectivity index (χ0) is 17.7. The lowest BCUT2D eigenvalue weighted by Crippen LogP contribution is -2.17. The number of alkyl halides is 3. The van der Waals surface area contributed by atoms with Crippen molar-refractivity contribution in [2.24, 2.45) is 0 Å². The smallest absolute Gasteiger partial charge is 0.460 e. The standard InChI is InChI=1S/C15H15F3N2O4/c1-3-22-14(21)13-19-12(24-20-13)8-9(2)10-4-6-11(7-5-10)23-15(16,17)18/h4-7,9H,3,8H2,1-2H3. The SMILES string of the molecule is CCOC(=O)c1noc(CC(C)c2ccc(OC(F)(F)F)cc2)n1. The zero-order valence-corrected chi connectivity index (χ0v) is 13.0. The van der Waals surface area contributed by atoms with E-state index in [1.54, 1.807) is 6.92 Å². The molecule has 2 aromatic rings. The maximum atomic E-state index is 12.1. The van der Waals surface area contributed by atoms with Crippen LogP contribution in [0.2, 0.25) is 0 Å². The molecule has 1 heterocycles. The normalized spacial score (nSPS) is 12.7. The summed E-state index contributed by atoms with van der Waals surface area (Å²) in [5.74, 6) is -0.996. The Morgan fingerprint density at radius 2 is 1.96 bits per heavy atom. The van der Waals surface area contributed by atoms with Crippen LogP contribution in [0.25, 0.3) is 0 Å². The Labute approximate surface area is 135 Å². The van der Waals surface area contributed by atoms with Crippen LogP contribution in [0.3, 0.4) is 0 Å². The summed E-state index contributed by atoms with van der Waals surface area (Å²) in [5, 5.41) is 3.53. The number of hydrogen-bond acceptors (Lipinski definition) is 6. The molecule has 130 valence electrons. The number of hydrogen-bond donors (Lipinski definition) is 0. The third-order valence-corrected chi connectivity index (χ3v) is 3.09. The Bertz CT molecular complexity index is 683. The van der Waals surface area contributed by atoms with Crippen molar-refractivity contribution in [3.63, 3.8) is 0 Å². The number of carbonyl (C=O) groups is 1. The highest BCUT2D eigenvalue weighted by atomic mass is 19.4. The molecule has 0 N–H and O–H groups in total. The highest BCUT2D eigenvalue weighted by Gasteiger charge is 2.31. The molecule has 2 rings (SSSR count). The first-order chi connectivity index (χ1) is 11.3. The molecule has 0 aliphatic heterocycles. The first kappa shape index (κ1) is 17.8. The van der Waals surface area contributed by atoms with Crippen molar-refractivity contribution in [2.75, 3.05) is 6.61 Å². The van der Waals surface area contributed by atoms with Crippen molar-refractivity contribution in [1.82, 2.24) is 10.1 Å². The molecular weight excluding hydrogens is 329 g/mol. The fourth-order valence-corrected chi connectivity index (χ4v) is 1.99. The number of nitrogens with zero attached hydrogens (tertiary/aromatic N) is 2. The maximum Gasteiger partial charge on any atom is 0.573 e. The van der Waals surface area contributed by atoms with Crippen LogP contribution in [-0.2, 0) is 11.2 Å². The highest BCUT2D eigenvalue weighted by molar-refractivity contribution is 5.84. The molecule has 1 unspecified atom stereocenters. The topological polar surface area (TPSA) is 74.5 Å². The van der Waals surface area contributed by atoms with Gasteiger partial charge < -0.3 is 14.0 Å². The lowest BCUT2D eigenvalue weighted by molar-refractivity contribution is -0.274. The van der Waals surface area contributed by atoms with Crippen molar-refractivity contribution in [2.45, 2.75) is 32.5 Å². The molecule has 0 saturated carbocycles. The van der Waals surface area contributed by atoms with E-state index in [1.807, 2.05) is 6.92 Å². The molecule has 0 radical (unpaired) electrons. The van der Waals surface area contributed by atoms with E-state index >= 15 is 0 Å². The van der Waals surface area contributed by atoms with E-state index in [2.05, 4.69) is 14.9 Å². The van der Waals surface area contributed by atoms with Gasteiger partial charge in [0.25, 0.3) is 5.82 Å². The van der Waals surface area contributed by atoms with Gasteiger partial charge in [0.2, 0.25) is 5.89 Å². The Morgan fingerprint density at radius 3 is 2.54 bits per heavy atom. The third-order valence-electron chi connectivity index (χ3n) is 3.09. The molecule has 0 fully saturated rings. The van der Waals surface area contributed by atoms with Crippen LogP contribution in [0.1, 0.15) is 41.8 Å². The number of rotatable bonds is 6. The van der Waals surface area contributed by atoms with Crippen LogP contribution >= 0.6 is 0 Å². The molecule has 1 aromatic carbocycles. The van der Waals surface area contributed by atoms with Crippen molar-refractivity contribution in [1.29, 1.82) is 0 Å². The molecule has 1 aromatic heterocycles. The Hall–Kier alpha value is -2.58. The lowest BCUT2D eigenvalue weighted by Gasteiger charge is -2.12. The second kappa shape index (κ2) is 7.33. The fraction of sp³-hybridized carbons (Fsp3) is 0.400. The minimum atomic E-state index is -4.72. The summed E-state index contributed by atoms with van der Waals surface area (Å²) in [5.41, 5.74) is 0.764. The van der Waals surface area contributed by atoms with Crippen LogP contribution in [0.4, 0.5) is 13.2 Å². The minimum absolute atomic E-state index is 0.111. The van der Waals surface area contributed by atoms with Crippen LogP contribution in [0.15, 0.2) is 28.8 Å². The first-order valence-corrected chi connectivity index (χ1v) is 7.14. The molecule has 0 aliphatic rings. The molecule has 6 nitrogen and oxygen atoms in total. The van der Waals surface area contributed by atoms with Crippen LogP contribution in [0, 0.1) is 0 Å². The van der Waals surface area contributed by atoms with Crippen LogP contribution < -0.4 is 4.74 Å². The molecule has 24 heavy (non-hydrogen) atoms. The summed E-state index contributed by atoms with van der Waals surface area (Å²) >= 11 is 0. The van der Waals surface area contributed by atoms with Gasteiger partial charge in [-0.2, -0.15) is 4.98 Å². The monoisotopic (exact) mass is 344 g/mol. The maximum absolute atomic E-state index is 12.1. The molecule has 1 atom stereocenters. The van der Waals surface area contributed by atoms with Gasteiger partial charge in [-0.15, -0.1) is 13.2 Å². The van der Waals surface area contributed by atoms with E-state index in [4.69, 9.17) is 9.26 Å². The predicted molar refractivity (Wildman–Crippen MR) is 75.5 cm³/mol. The van der Waals surface area contributed by atoms with Gasteiger partial charge in [0, 0.05) is 6.42 Å². The Kier molecular flexibility index (Phi) is 5.42. The number of aromatic nitrogens is 2. The molecule has 0 saturated heterocycles. The summed E-state index contributed by atoms with van der Waals surface area (Å²) in [4.78, 5) is 15.4. The lowest BCUT2D eigenvalue weighted by atomic mass is 9.98. The largest absolute Gasteiger partial charge is 0.573 e. The van der Waals surface area contributed by atoms with Gasteiger partial charge >= 0.3 is 12.3 Å². The average Bonchev–Trinajstić information content (AvgIpc) is 2.95. The molecule has 0 spiro atoms.